The van der Waals surface area contributed by atoms with E-state index in [0.29, 0.717) is 36.9 Å². The van der Waals surface area contributed by atoms with E-state index in [1.54, 1.807) is 19.2 Å². The van der Waals surface area contributed by atoms with Crippen molar-refractivity contribution in [3.8, 4) is 5.75 Å². The standard InChI is InChI=1S/C17H22N2O4/c1-11-4-3-7-18(10-11)16(20)15-8-12-5-6-13(23-2)9-14(12)19(15)17(21)22/h5-6,9,11,15H,3-4,7-8,10H2,1-2H3,(H,21,22). The maximum atomic E-state index is 12.9. The number of carbonyl (C=O) groups excluding carboxylic acids is 1. The van der Waals surface area contributed by atoms with Crippen LogP contribution in [0.4, 0.5) is 10.5 Å². The van der Waals surface area contributed by atoms with Crippen molar-refractivity contribution >= 4 is 17.7 Å². The molecular weight excluding hydrogens is 296 g/mol. The van der Waals surface area contributed by atoms with Gasteiger partial charge < -0.3 is 14.7 Å². The van der Waals surface area contributed by atoms with Crippen molar-refractivity contribution in [3.63, 3.8) is 0 Å². The number of nitrogens with zero attached hydrogens (tertiary/aromatic N) is 2. The highest BCUT2D eigenvalue weighted by Crippen LogP contribution is 2.36. The smallest absolute Gasteiger partial charge is 0.412 e. The first kappa shape index (κ1) is 15.6. The van der Waals surface area contributed by atoms with Gasteiger partial charge in [0.1, 0.15) is 11.8 Å². The Morgan fingerprint density at radius 2 is 2.13 bits per heavy atom. The van der Waals surface area contributed by atoms with Gasteiger partial charge in [-0.1, -0.05) is 13.0 Å². The Kier molecular flexibility index (Phi) is 4.15. The topological polar surface area (TPSA) is 70.1 Å². The minimum atomic E-state index is -1.10. The summed E-state index contributed by atoms with van der Waals surface area (Å²) in [7, 11) is 1.54. The van der Waals surface area contributed by atoms with E-state index in [4.69, 9.17) is 4.74 Å². The molecule has 6 heteroatoms. The van der Waals surface area contributed by atoms with Crippen molar-refractivity contribution < 1.29 is 19.4 Å². The second-order valence-electron chi connectivity index (χ2n) is 6.40. The number of piperidine rings is 1. The van der Waals surface area contributed by atoms with Crippen LogP contribution in [0.25, 0.3) is 0 Å². The van der Waals surface area contributed by atoms with E-state index in [-0.39, 0.29) is 5.91 Å². The Balaban J connectivity index is 1.88. The molecule has 0 aliphatic carbocycles. The van der Waals surface area contributed by atoms with Gasteiger partial charge in [0.05, 0.1) is 12.8 Å². The number of benzene rings is 1. The minimum absolute atomic E-state index is 0.0888. The molecule has 2 aliphatic rings. The van der Waals surface area contributed by atoms with Crippen LogP contribution in [-0.2, 0) is 11.2 Å². The number of ether oxygens (including phenoxy) is 1. The second-order valence-corrected chi connectivity index (χ2v) is 6.40. The average Bonchev–Trinajstić information content (AvgIpc) is 2.92. The highest BCUT2D eigenvalue weighted by molar-refractivity contribution is 6.00. The number of carbonyl (C=O) groups is 2. The zero-order chi connectivity index (χ0) is 16.6. The van der Waals surface area contributed by atoms with E-state index in [9.17, 15) is 14.7 Å². The minimum Gasteiger partial charge on any atom is -0.497 e. The van der Waals surface area contributed by atoms with Gasteiger partial charge in [0.15, 0.2) is 0 Å². The molecule has 0 aromatic heterocycles. The fraction of sp³-hybridized carbons (Fsp3) is 0.529. The summed E-state index contributed by atoms with van der Waals surface area (Å²) in [6.07, 6.45) is 1.43. The molecule has 0 spiro atoms. The first-order valence-corrected chi connectivity index (χ1v) is 7.99. The summed E-state index contributed by atoms with van der Waals surface area (Å²) in [5.74, 6) is 0.971. The molecule has 2 aliphatic heterocycles. The third-order valence-corrected chi connectivity index (χ3v) is 4.74. The van der Waals surface area contributed by atoms with Gasteiger partial charge in [0.25, 0.3) is 0 Å². The molecule has 0 radical (unpaired) electrons. The number of fused-ring (bicyclic) bond motifs is 1. The Morgan fingerprint density at radius 3 is 2.78 bits per heavy atom. The molecule has 1 aromatic carbocycles. The molecule has 1 N–H and O–H groups in total. The van der Waals surface area contributed by atoms with Gasteiger partial charge in [-0.05, 0) is 30.4 Å². The summed E-state index contributed by atoms with van der Waals surface area (Å²) >= 11 is 0. The monoisotopic (exact) mass is 318 g/mol. The molecule has 23 heavy (non-hydrogen) atoms. The van der Waals surface area contributed by atoms with Crippen molar-refractivity contribution in [3.05, 3.63) is 23.8 Å². The van der Waals surface area contributed by atoms with Crippen LogP contribution in [0.1, 0.15) is 25.3 Å². The Hall–Kier alpha value is -2.24. The lowest BCUT2D eigenvalue weighted by molar-refractivity contribution is -0.134. The van der Waals surface area contributed by atoms with Gasteiger partial charge in [-0.3, -0.25) is 9.69 Å². The summed E-state index contributed by atoms with van der Waals surface area (Å²) < 4.78 is 5.18. The fourth-order valence-electron chi connectivity index (χ4n) is 3.57. The first-order chi connectivity index (χ1) is 11.0. The maximum Gasteiger partial charge on any atom is 0.412 e. The molecule has 2 atom stereocenters. The molecular formula is C17H22N2O4. The third kappa shape index (κ3) is 2.85. The average molecular weight is 318 g/mol. The van der Waals surface area contributed by atoms with Crippen molar-refractivity contribution in [2.24, 2.45) is 5.92 Å². The highest BCUT2D eigenvalue weighted by atomic mass is 16.5. The lowest BCUT2D eigenvalue weighted by Crippen LogP contribution is -2.51. The fourth-order valence-corrected chi connectivity index (χ4v) is 3.57. The number of carboxylic acid groups (broad SMARTS) is 1. The number of methoxy groups -OCH3 is 1. The number of anilines is 1. The van der Waals surface area contributed by atoms with Crippen molar-refractivity contribution in [2.75, 3.05) is 25.1 Å². The number of likely N-dealkylation sites (tertiary alicyclic amines) is 1. The van der Waals surface area contributed by atoms with Crippen molar-refractivity contribution in [1.29, 1.82) is 0 Å². The van der Waals surface area contributed by atoms with E-state index in [0.717, 1.165) is 18.4 Å². The Morgan fingerprint density at radius 1 is 1.35 bits per heavy atom. The van der Waals surface area contributed by atoms with Crippen molar-refractivity contribution in [2.45, 2.75) is 32.2 Å². The molecule has 0 bridgehead atoms. The molecule has 1 fully saturated rings. The zero-order valence-electron chi connectivity index (χ0n) is 13.5. The van der Waals surface area contributed by atoms with Gasteiger partial charge in [-0.2, -0.15) is 0 Å². The summed E-state index contributed by atoms with van der Waals surface area (Å²) in [5, 5.41) is 9.61. The van der Waals surface area contributed by atoms with Crippen LogP contribution in [0.2, 0.25) is 0 Å². The number of rotatable bonds is 2. The Bertz CT molecular complexity index is 631. The van der Waals surface area contributed by atoms with E-state index < -0.39 is 12.1 Å². The largest absolute Gasteiger partial charge is 0.497 e. The zero-order valence-corrected chi connectivity index (χ0v) is 13.5. The van der Waals surface area contributed by atoms with Crippen molar-refractivity contribution in [1.82, 2.24) is 4.90 Å². The number of hydrogen-bond acceptors (Lipinski definition) is 3. The predicted octanol–water partition coefficient (Wildman–Crippen LogP) is 2.36. The van der Waals surface area contributed by atoms with E-state index >= 15 is 0 Å². The molecule has 124 valence electrons. The molecule has 6 nitrogen and oxygen atoms in total. The molecule has 1 aromatic rings. The maximum absolute atomic E-state index is 12.9. The van der Waals surface area contributed by atoms with Crippen LogP contribution >= 0.6 is 0 Å². The summed E-state index contributed by atoms with van der Waals surface area (Å²) in [6.45, 7) is 3.55. The van der Waals surface area contributed by atoms with Crippen LogP contribution in [-0.4, -0.2) is 48.2 Å². The van der Waals surface area contributed by atoms with Crippen LogP contribution < -0.4 is 9.64 Å². The van der Waals surface area contributed by atoms with E-state index in [1.165, 1.54) is 4.90 Å². The van der Waals surface area contributed by atoms with Gasteiger partial charge in [-0.25, -0.2) is 4.79 Å². The lowest BCUT2D eigenvalue weighted by atomic mass is 9.99. The molecule has 2 heterocycles. The number of amides is 2. The summed E-state index contributed by atoms with van der Waals surface area (Å²) in [5.41, 5.74) is 1.43. The Labute approximate surface area is 135 Å². The lowest BCUT2D eigenvalue weighted by Gasteiger charge is -2.34. The molecule has 2 amide bonds. The van der Waals surface area contributed by atoms with Crippen LogP contribution in [0, 0.1) is 5.92 Å². The summed E-state index contributed by atoms with van der Waals surface area (Å²) in [6, 6.07) is 4.67. The second kappa shape index (κ2) is 6.10. The first-order valence-electron chi connectivity index (χ1n) is 7.99. The predicted molar refractivity (Wildman–Crippen MR) is 86.0 cm³/mol. The normalized spacial score (nSPS) is 23.6. The highest BCUT2D eigenvalue weighted by Gasteiger charge is 2.41. The summed E-state index contributed by atoms with van der Waals surface area (Å²) in [4.78, 5) is 27.6. The van der Waals surface area contributed by atoms with E-state index in [2.05, 4.69) is 6.92 Å². The van der Waals surface area contributed by atoms with E-state index in [1.807, 2.05) is 11.0 Å². The van der Waals surface area contributed by atoms with Crippen LogP contribution in [0.15, 0.2) is 18.2 Å². The SMILES string of the molecule is COc1ccc2c(c1)N(C(=O)O)C(C(=O)N1CCCC(C)C1)C2. The molecule has 3 rings (SSSR count). The number of hydrogen-bond donors (Lipinski definition) is 1. The third-order valence-electron chi connectivity index (χ3n) is 4.74. The van der Waals surface area contributed by atoms with Gasteiger partial charge in [0.2, 0.25) is 5.91 Å². The van der Waals surface area contributed by atoms with Crippen LogP contribution in [0.3, 0.4) is 0 Å². The molecule has 0 saturated carbocycles. The van der Waals surface area contributed by atoms with Gasteiger partial charge in [-0.15, -0.1) is 0 Å². The quantitative estimate of drug-likeness (QED) is 0.909. The molecule has 1 saturated heterocycles. The van der Waals surface area contributed by atoms with Crippen LogP contribution in [0.5, 0.6) is 5.75 Å². The molecule has 2 unspecified atom stereocenters. The van der Waals surface area contributed by atoms with Gasteiger partial charge in [0, 0.05) is 25.6 Å². The van der Waals surface area contributed by atoms with Gasteiger partial charge >= 0.3 is 6.09 Å².